The lowest BCUT2D eigenvalue weighted by Gasteiger charge is -2.18. The molecule has 0 N–H and O–H groups in total. The molecule has 0 saturated carbocycles. The number of methoxy groups -OCH3 is 1. The van der Waals surface area contributed by atoms with Gasteiger partial charge in [-0.05, 0) is 40.6 Å². The Labute approximate surface area is 167 Å². The Morgan fingerprint density at radius 2 is 1.72 bits per heavy atom. The monoisotopic (exact) mass is 387 g/mol. The molecule has 1 amide bonds. The smallest absolute Gasteiger partial charge is 0.274 e. The number of benzene rings is 3. The van der Waals surface area contributed by atoms with E-state index in [4.69, 9.17) is 4.74 Å². The quantitative estimate of drug-likeness (QED) is 0.539. The maximum atomic E-state index is 13.1. The molecule has 1 aromatic heterocycles. The second-order valence-corrected chi connectivity index (χ2v) is 7.03. The van der Waals surface area contributed by atoms with E-state index in [9.17, 15) is 9.59 Å². The van der Waals surface area contributed by atoms with Gasteiger partial charge < -0.3 is 9.64 Å². The van der Waals surface area contributed by atoms with Crippen molar-refractivity contribution in [2.45, 2.75) is 6.54 Å². The van der Waals surface area contributed by atoms with Gasteiger partial charge in [0.15, 0.2) is 5.69 Å². The van der Waals surface area contributed by atoms with Gasteiger partial charge in [-0.25, -0.2) is 4.68 Å². The largest absolute Gasteiger partial charge is 0.497 e. The Balaban J connectivity index is 1.65. The van der Waals surface area contributed by atoms with E-state index in [1.165, 1.54) is 4.68 Å². The zero-order valence-corrected chi connectivity index (χ0v) is 16.5. The summed E-state index contributed by atoms with van der Waals surface area (Å²) in [7, 11) is 4.94. The van der Waals surface area contributed by atoms with Crippen molar-refractivity contribution < 1.29 is 9.53 Å². The van der Waals surface area contributed by atoms with Gasteiger partial charge in [0.1, 0.15) is 5.75 Å². The van der Waals surface area contributed by atoms with E-state index in [1.807, 2.05) is 30.3 Å². The number of amides is 1. The Hall–Kier alpha value is -3.67. The minimum atomic E-state index is -0.230. The lowest BCUT2D eigenvalue weighted by molar-refractivity contribution is 0.0779. The van der Waals surface area contributed by atoms with E-state index >= 15 is 0 Å². The summed E-state index contributed by atoms with van der Waals surface area (Å²) >= 11 is 0. The molecule has 0 aliphatic carbocycles. The fourth-order valence-electron chi connectivity index (χ4n) is 3.48. The molecule has 0 unspecified atom stereocenters. The first-order valence-electron chi connectivity index (χ1n) is 9.26. The summed E-state index contributed by atoms with van der Waals surface area (Å²) in [6.07, 6.45) is 0. The van der Waals surface area contributed by atoms with Crippen molar-refractivity contribution in [3.63, 3.8) is 0 Å². The maximum Gasteiger partial charge on any atom is 0.274 e. The molecule has 0 atom stereocenters. The molecule has 3 aromatic carbocycles. The summed E-state index contributed by atoms with van der Waals surface area (Å²) < 4.78 is 6.48. The standard InChI is InChI=1S/C23H21N3O3/c1-25(14-15-8-9-17-13-18(29-3)11-10-16(17)12-15)23(28)21-19-6-4-5-7-20(19)22(27)26(2)24-21/h4-13H,14H2,1-3H3. The first kappa shape index (κ1) is 18.7. The van der Waals surface area contributed by atoms with Crippen LogP contribution in [0.5, 0.6) is 5.75 Å². The summed E-state index contributed by atoms with van der Waals surface area (Å²) in [5, 5.41) is 7.44. The van der Waals surface area contributed by atoms with Gasteiger partial charge in [-0.1, -0.05) is 36.4 Å². The zero-order chi connectivity index (χ0) is 20.5. The first-order chi connectivity index (χ1) is 14.0. The minimum absolute atomic E-state index is 0.218. The normalized spacial score (nSPS) is 11.0. The Bertz CT molecular complexity index is 1290. The van der Waals surface area contributed by atoms with E-state index in [0.717, 1.165) is 22.1 Å². The number of carbonyl (C=O) groups excluding carboxylic acids is 1. The molecule has 0 spiro atoms. The topological polar surface area (TPSA) is 64.4 Å². The molecule has 146 valence electrons. The van der Waals surface area contributed by atoms with E-state index in [-0.39, 0.29) is 17.2 Å². The van der Waals surface area contributed by atoms with Crippen molar-refractivity contribution in [3.8, 4) is 5.75 Å². The number of aromatic nitrogens is 2. The van der Waals surface area contributed by atoms with Crippen molar-refractivity contribution in [3.05, 3.63) is 82.3 Å². The number of fused-ring (bicyclic) bond motifs is 2. The molecule has 4 rings (SSSR count). The van der Waals surface area contributed by atoms with Crippen LogP contribution in [0.4, 0.5) is 0 Å². The van der Waals surface area contributed by atoms with Crippen molar-refractivity contribution in [1.82, 2.24) is 14.7 Å². The van der Waals surface area contributed by atoms with Gasteiger partial charge in [0, 0.05) is 26.0 Å². The number of ether oxygens (including phenoxy) is 1. The highest BCUT2D eigenvalue weighted by molar-refractivity contribution is 6.04. The van der Waals surface area contributed by atoms with Gasteiger partial charge in [-0.15, -0.1) is 0 Å². The van der Waals surface area contributed by atoms with Gasteiger partial charge in [0.05, 0.1) is 12.5 Å². The van der Waals surface area contributed by atoms with Crippen LogP contribution in [0.25, 0.3) is 21.5 Å². The Kier molecular flexibility index (Phi) is 4.76. The molecular weight excluding hydrogens is 366 g/mol. The van der Waals surface area contributed by atoms with Gasteiger partial charge in [0.25, 0.3) is 11.5 Å². The van der Waals surface area contributed by atoms with Crippen LogP contribution in [-0.4, -0.2) is 34.7 Å². The van der Waals surface area contributed by atoms with E-state index in [2.05, 4.69) is 11.2 Å². The SMILES string of the molecule is COc1ccc2cc(CN(C)C(=O)c3nn(C)c(=O)c4ccccc34)ccc2c1. The fraction of sp³-hybridized carbons (Fsp3) is 0.174. The first-order valence-corrected chi connectivity index (χ1v) is 9.26. The predicted octanol–water partition coefficient (Wildman–Crippen LogP) is 3.37. The van der Waals surface area contributed by atoms with Crippen LogP contribution < -0.4 is 10.3 Å². The van der Waals surface area contributed by atoms with Crippen molar-refractivity contribution >= 4 is 27.5 Å². The van der Waals surface area contributed by atoms with Crippen molar-refractivity contribution in [2.24, 2.45) is 7.05 Å². The highest BCUT2D eigenvalue weighted by atomic mass is 16.5. The van der Waals surface area contributed by atoms with Gasteiger partial charge in [-0.3, -0.25) is 9.59 Å². The van der Waals surface area contributed by atoms with Gasteiger partial charge >= 0.3 is 0 Å². The second-order valence-electron chi connectivity index (χ2n) is 7.03. The summed E-state index contributed by atoms with van der Waals surface area (Å²) in [6.45, 7) is 0.430. The van der Waals surface area contributed by atoms with E-state index in [0.29, 0.717) is 17.3 Å². The zero-order valence-electron chi connectivity index (χ0n) is 16.5. The summed E-state index contributed by atoms with van der Waals surface area (Å²) in [4.78, 5) is 27.0. The number of aryl methyl sites for hydroxylation is 1. The summed E-state index contributed by atoms with van der Waals surface area (Å²) in [5.74, 6) is 0.580. The average Bonchev–Trinajstić information content (AvgIpc) is 2.75. The molecule has 0 fully saturated rings. The van der Waals surface area contributed by atoms with Crippen LogP contribution in [-0.2, 0) is 13.6 Å². The minimum Gasteiger partial charge on any atom is -0.497 e. The number of hydrogen-bond donors (Lipinski definition) is 0. The number of rotatable bonds is 4. The van der Waals surface area contributed by atoms with Crippen LogP contribution in [0.3, 0.4) is 0 Å². The molecule has 6 heteroatoms. The molecule has 0 aliphatic heterocycles. The highest BCUT2D eigenvalue weighted by Gasteiger charge is 2.19. The second kappa shape index (κ2) is 7.39. The number of nitrogens with zero attached hydrogens (tertiary/aromatic N) is 3. The summed E-state index contributed by atoms with van der Waals surface area (Å²) in [5.41, 5.74) is 1.06. The lowest BCUT2D eigenvalue weighted by atomic mass is 10.1. The summed E-state index contributed by atoms with van der Waals surface area (Å²) in [6, 6.07) is 19.0. The highest BCUT2D eigenvalue weighted by Crippen LogP contribution is 2.23. The molecule has 29 heavy (non-hydrogen) atoms. The van der Waals surface area contributed by atoms with Crippen LogP contribution in [0, 0.1) is 0 Å². The van der Waals surface area contributed by atoms with Crippen LogP contribution in [0.15, 0.2) is 65.5 Å². The third-order valence-electron chi connectivity index (χ3n) is 5.04. The van der Waals surface area contributed by atoms with Crippen LogP contribution >= 0.6 is 0 Å². The molecule has 0 aliphatic rings. The molecule has 4 aromatic rings. The molecule has 6 nitrogen and oxygen atoms in total. The third-order valence-corrected chi connectivity index (χ3v) is 5.04. The molecular formula is C23H21N3O3. The van der Waals surface area contributed by atoms with Gasteiger partial charge in [0.2, 0.25) is 0 Å². The average molecular weight is 387 g/mol. The van der Waals surface area contributed by atoms with Crippen LogP contribution in [0.2, 0.25) is 0 Å². The molecule has 0 radical (unpaired) electrons. The molecule has 0 saturated heterocycles. The Morgan fingerprint density at radius 3 is 2.48 bits per heavy atom. The van der Waals surface area contributed by atoms with E-state index < -0.39 is 0 Å². The Morgan fingerprint density at radius 1 is 1.03 bits per heavy atom. The number of hydrogen-bond acceptors (Lipinski definition) is 4. The third kappa shape index (κ3) is 3.45. The number of carbonyl (C=O) groups is 1. The van der Waals surface area contributed by atoms with Crippen molar-refractivity contribution in [2.75, 3.05) is 14.2 Å². The molecule has 0 bridgehead atoms. The maximum absolute atomic E-state index is 13.1. The van der Waals surface area contributed by atoms with Gasteiger partial charge in [-0.2, -0.15) is 5.10 Å². The van der Waals surface area contributed by atoms with E-state index in [1.54, 1.807) is 50.4 Å². The lowest BCUT2D eigenvalue weighted by Crippen LogP contribution is -2.30. The van der Waals surface area contributed by atoms with Crippen molar-refractivity contribution in [1.29, 1.82) is 0 Å². The molecule has 1 heterocycles. The fourth-order valence-corrected chi connectivity index (χ4v) is 3.48. The predicted molar refractivity (Wildman–Crippen MR) is 113 cm³/mol. The van der Waals surface area contributed by atoms with Crippen LogP contribution in [0.1, 0.15) is 16.1 Å².